The van der Waals surface area contributed by atoms with Crippen molar-refractivity contribution in [3.8, 4) is 28.4 Å². The van der Waals surface area contributed by atoms with Crippen LogP contribution >= 0.6 is 0 Å². The molecule has 0 aliphatic carbocycles. The summed E-state index contributed by atoms with van der Waals surface area (Å²) in [6, 6.07) is 16.2. The maximum Gasteiger partial charge on any atom is 0.267 e. The second-order valence-corrected chi connectivity index (χ2v) is 8.26. The monoisotopic (exact) mass is 488 g/mol. The Kier molecular flexibility index (Phi) is 5.97. The molecule has 5 aromatic rings. The van der Waals surface area contributed by atoms with Gasteiger partial charge in [-0.25, -0.2) is 18.4 Å². The van der Waals surface area contributed by atoms with Crippen molar-refractivity contribution in [1.29, 1.82) is 0 Å². The molecule has 5 rings (SSSR count). The van der Waals surface area contributed by atoms with Crippen molar-refractivity contribution >= 4 is 5.65 Å². The smallest absolute Gasteiger partial charge is 0.267 e. The van der Waals surface area contributed by atoms with Crippen molar-refractivity contribution < 1.29 is 18.3 Å². The van der Waals surface area contributed by atoms with Gasteiger partial charge in [0.25, 0.3) is 5.56 Å². The molecule has 3 aromatic heterocycles. The van der Waals surface area contributed by atoms with Crippen LogP contribution < -0.4 is 15.0 Å². The van der Waals surface area contributed by atoms with Crippen molar-refractivity contribution in [3.05, 3.63) is 106 Å². The minimum Gasteiger partial charge on any atom is -0.497 e. The van der Waals surface area contributed by atoms with E-state index < -0.39 is 11.6 Å². The summed E-state index contributed by atoms with van der Waals surface area (Å²) in [6.07, 6.45) is 1.60. The number of aryl methyl sites for hydroxylation is 2. The molecule has 0 saturated carbocycles. The molecule has 0 aliphatic heterocycles. The number of hydrogen-bond acceptors (Lipinski definition) is 5. The standard InChI is InChI=1S/C27H22F2N4O3/c1-16-12-23(31-33(16)19-6-4-7-20(14-19)35-3)25-17(2)30-26-24(8-5-11-32(26)27(25)34)36-15-18-9-10-21(28)22(29)13-18/h4-14H,15H2,1-3H3. The number of nitrogens with zero attached hydrogens (tertiary/aromatic N) is 4. The summed E-state index contributed by atoms with van der Waals surface area (Å²) in [4.78, 5) is 18.2. The summed E-state index contributed by atoms with van der Waals surface area (Å²) in [5.41, 5.74) is 3.46. The third-order valence-electron chi connectivity index (χ3n) is 5.82. The fourth-order valence-corrected chi connectivity index (χ4v) is 4.04. The average Bonchev–Trinajstić information content (AvgIpc) is 3.25. The maximum absolute atomic E-state index is 13.5. The van der Waals surface area contributed by atoms with Crippen LogP contribution in [0, 0.1) is 25.5 Å². The number of methoxy groups -OCH3 is 1. The molecule has 3 heterocycles. The van der Waals surface area contributed by atoms with Gasteiger partial charge in [-0.05, 0) is 61.9 Å². The molecule has 0 atom stereocenters. The Bertz CT molecular complexity index is 1660. The Hall–Kier alpha value is -4.53. The molecule has 36 heavy (non-hydrogen) atoms. The normalized spacial score (nSPS) is 11.1. The Balaban J connectivity index is 1.53. The second kappa shape index (κ2) is 9.26. The number of benzene rings is 2. The molecule has 0 radical (unpaired) electrons. The molecular weight excluding hydrogens is 466 g/mol. The van der Waals surface area contributed by atoms with Gasteiger partial charge in [-0.15, -0.1) is 0 Å². The van der Waals surface area contributed by atoms with E-state index in [1.165, 1.54) is 10.5 Å². The Morgan fingerprint density at radius 3 is 2.58 bits per heavy atom. The summed E-state index contributed by atoms with van der Waals surface area (Å²) < 4.78 is 41.0. The Morgan fingerprint density at radius 2 is 1.81 bits per heavy atom. The van der Waals surface area contributed by atoms with Crippen LogP contribution in [0.4, 0.5) is 8.78 Å². The first kappa shape index (κ1) is 23.2. The lowest BCUT2D eigenvalue weighted by atomic mass is 10.1. The van der Waals surface area contributed by atoms with Crippen molar-refractivity contribution in [1.82, 2.24) is 19.2 Å². The summed E-state index contributed by atoms with van der Waals surface area (Å²) in [7, 11) is 1.60. The first-order chi connectivity index (χ1) is 17.4. The summed E-state index contributed by atoms with van der Waals surface area (Å²) >= 11 is 0. The van der Waals surface area contributed by atoms with Crippen LogP contribution in [-0.4, -0.2) is 26.3 Å². The van der Waals surface area contributed by atoms with Gasteiger partial charge in [0.1, 0.15) is 18.1 Å². The first-order valence-electron chi connectivity index (χ1n) is 11.2. The molecule has 7 nitrogen and oxygen atoms in total. The Labute approximate surface area is 205 Å². The van der Waals surface area contributed by atoms with Crippen LogP contribution in [0.15, 0.2) is 71.7 Å². The van der Waals surface area contributed by atoms with E-state index in [2.05, 4.69) is 10.1 Å². The number of aromatic nitrogens is 4. The van der Waals surface area contributed by atoms with Gasteiger partial charge in [-0.1, -0.05) is 12.1 Å². The third kappa shape index (κ3) is 4.19. The lowest BCUT2D eigenvalue weighted by molar-refractivity contribution is 0.306. The summed E-state index contributed by atoms with van der Waals surface area (Å²) in [6.45, 7) is 3.63. The zero-order chi connectivity index (χ0) is 25.4. The maximum atomic E-state index is 13.5. The van der Waals surface area contributed by atoms with E-state index in [1.807, 2.05) is 37.3 Å². The average molecular weight is 488 g/mol. The predicted octanol–water partition coefficient (Wildman–Crippen LogP) is 5.03. The molecule has 2 aromatic carbocycles. The quantitative estimate of drug-likeness (QED) is 0.335. The van der Waals surface area contributed by atoms with Crippen LogP contribution in [0.5, 0.6) is 11.5 Å². The van der Waals surface area contributed by atoms with Crippen LogP contribution in [0.1, 0.15) is 17.0 Å². The van der Waals surface area contributed by atoms with E-state index in [9.17, 15) is 13.6 Å². The molecule has 0 fully saturated rings. The zero-order valence-electron chi connectivity index (χ0n) is 19.8. The van der Waals surface area contributed by atoms with Crippen LogP contribution in [0.25, 0.3) is 22.6 Å². The third-order valence-corrected chi connectivity index (χ3v) is 5.82. The fourth-order valence-electron chi connectivity index (χ4n) is 4.04. The molecular formula is C27H22F2N4O3. The van der Waals surface area contributed by atoms with Crippen molar-refractivity contribution in [2.24, 2.45) is 0 Å². The van der Waals surface area contributed by atoms with Crippen molar-refractivity contribution in [2.45, 2.75) is 20.5 Å². The molecule has 0 saturated heterocycles. The van der Waals surface area contributed by atoms with Crippen molar-refractivity contribution in [2.75, 3.05) is 7.11 Å². The van der Waals surface area contributed by atoms with Gasteiger partial charge >= 0.3 is 0 Å². The van der Waals surface area contributed by atoms with E-state index in [0.717, 1.165) is 23.5 Å². The SMILES string of the molecule is COc1cccc(-n2nc(-c3c(C)nc4c(OCc5ccc(F)c(F)c5)cccn4c3=O)cc2C)c1. The number of halogens is 2. The highest BCUT2D eigenvalue weighted by atomic mass is 19.2. The molecule has 0 bridgehead atoms. The van der Waals surface area contributed by atoms with Gasteiger partial charge in [0.15, 0.2) is 23.0 Å². The van der Waals surface area contributed by atoms with Crippen molar-refractivity contribution in [3.63, 3.8) is 0 Å². The second-order valence-electron chi connectivity index (χ2n) is 8.26. The van der Waals surface area contributed by atoms with Gasteiger partial charge in [0.2, 0.25) is 0 Å². The highest BCUT2D eigenvalue weighted by molar-refractivity contribution is 5.66. The van der Waals surface area contributed by atoms with E-state index in [1.54, 1.807) is 37.0 Å². The van der Waals surface area contributed by atoms with E-state index in [-0.39, 0.29) is 12.2 Å². The largest absolute Gasteiger partial charge is 0.497 e. The van der Waals surface area contributed by atoms with Crippen LogP contribution in [-0.2, 0) is 6.61 Å². The highest BCUT2D eigenvalue weighted by Gasteiger charge is 2.18. The number of hydrogen-bond donors (Lipinski definition) is 0. The molecule has 0 unspecified atom stereocenters. The molecule has 9 heteroatoms. The number of fused-ring (bicyclic) bond motifs is 1. The van der Waals surface area contributed by atoms with Crippen LogP contribution in [0.3, 0.4) is 0 Å². The molecule has 0 N–H and O–H groups in total. The van der Waals surface area contributed by atoms with Gasteiger partial charge in [-0.2, -0.15) is 5.10 Å². The topological polar surface area (TPSA) is 70.7 Å². The van der Waals surface area contributed by atoms with E-state index in [0.29, 0.717) is 39.7 Å². The number of ether oxygens (including phenoxy) is 2. The molecule has 182 valence electrons. The number of rotatable bonds is 6. The lowest BCUT2D eigenvalue weighted by Gasteiger charge is -2.12. The summed E-state index contributed by atoms with van der Waals surface area (Å²) in [5, 5.41) is 4.68. The Morgan fingerprint density at radius 1 is 0.972 bits per heavy atom. The zero-order valence-corrected chi connectivity index (χ0v) is 19.8. The van der Waals surface area contributed by atoms with Crippen LogP contribution in [0.2, 0.25) is 0 Å². The molecule has 0 amide bonds. The molecule has 0 spiro atoms. The van der Waals surface area contributed by atoms with E-state index in [4.69, 9.17) is 9.47 Å². The van der Waals surface area contributed by atoms with E-state index >= 15 is 0 Å². The predicted molar refractivity (Wildman–Crippen MR) is 131 cm³/mol. The van der Waals surface area contributed by atoms with Gasteiger partial charge in [0, 0.05) is 18.0 Å². The van der Waals surface area contributed by atoms with Gasteiger partial charge < -0.3 is 9.47 Å². The van der Waals surface area contributed by atoms with Gasteiger partial charge in [-0.3, -0.25) is 9.20 Å². The minimum atomic E-state index is -0.951. The van der Waals surface area contributed by atoms with Gasteiger partial charge in [0.05, 0.1) is 24.1 Å². The summed E-state index contributed by atoms with van der Waals surface area (Å²) in [5.74, 6) is -0.840. The lowest BCUT2D eigenvalue weighted by Crippen LogP contribution is -2.19. The minimum absolute atomic E-state index is 0.0162. The first-order valence-corrected chi connectivity index (χ1v) is 11.2. The molecule has 0 aliphatic rings. The highest BCUT2D eigenvalue weighted by Crippen LogP contribution is 2.25. The fraction of sp³-hybridized carbons (Fsp3) is 0.148. The number of pyridine rings is 1.